The average Bonchev–Trinajstić information content (AvgIpc) is 2.70. The van der Waals surface area contributed by atoms with Gasteiger partial charge in [-0.15, -0.1) is 0 Å². The molecule has 0 saturated carbocycles. The fourth-order valence-electron chi connectivity index (χ4n) is 3.01. The Morgan fingerprint density at radius 3 is 2.46 bits per heavy atom. The Bertz CT molecular complexity index is 724. The second-order valence-electron chi connectivity index (χ2n) is 6.92. The van der Waals surface area contributed by atoms with Gasteiger partial charge in [0.2, 0.25) is 0 Å². The predicted molar refractivity (Wildman–Crippen MR) is 114 cm³/mol. The van der Waals surface area contributed by atoms with E-state index >= 15 is 0 Å². The standard InChI is InChI=1S/C23H31ClFNO2/c1-3-4-5-6-7-10-13-26-16-19-14-22(27-2)23(15-20(19)24)28-17-18-11-8-9-12-21(18)25/h8-9,11-12,14-15,26H,3-7,10,13,16-17H2,1-2H3. The van der Waals surface area contributed by atoms with Crippen molar-refractivity contribution in [3.63, 3.8) is 0 Å². The van der Waals surface area contributed by atoms with Crippen LogP contribution in [0.25, 0.3) is 0 Å². The second-order valence-corrected chi connectivity index (χ2v) is 7.33. The number of halogens is 2. The normalized spacial score (nSPS) is 10.9. The van der Waals surface area contributed by atoms with Crippen LogP contribution in [0, 0.1) is 5.82 Å². The van der Waals surface area contributed by atoms with E-state index in [2.05, 4.69) is 12.2 Å². The van der Waals surface area contributed by atoms with Crippen LogP contribution in [0.5, 0.6) is 11.5 Å². The molecule has 0 amide bonds. The predicted octanol–water partition coefficient (Wildman–Crippen LogP) is 6.52. The van der Waals surface area contributed by atoms with Gasteiger partial charge in [0.15, 0.2) is 11.5 Å². The summed E-state index contributed by atoms with van der Waals surface area (Å²) in [5, 5.41) is 4.05. The zero-order chi connectivity index (χ0) is 20.2. The van der Waals surface area contributed by atoms with Gasteiger partial charge in [0, 0.05) is 23.2 Å². The lowest BCUT2D eigenvalue weighted by molar-refractivity contribution is 0.279. The van der Waals surface area contributed by atoms with Gasteiger partial charge in [0.25, 0.3) is 0 Å². The van der Waals surface area contributed by atoms with E-state index in [-0.39, 0.29) is 12.4 Å². The minimum atomic E-state index is -0.289. The van der Waals surface area contributed by atoms with E-state index in [1.54, 1.807) is 31.4 Å². The fourth-order valence-corrected chi connectivity index (χ4v) is 3.23. The van der Waals surface area contributed by atoms with Gasteiger partial charge in [-0.25, -0.2) is 4.39 Å². The molecule has 154 valence electrons. The molecule has 28 heavy (non-hydrogen) atoms. The maximum absolute atomic E-state index is 13.8. The molecule has 0 heterocycles. The largest absolute Gasteiger partial charge is 0.493 e. The molecule has 0 bridgehead atoms. The van der Waals surface area contributed by atoms with Crippen molar-refractivity contribution in [1.29, 1.82) is 0 Å². The SMILES string of the molecule is CCCCCCCCNCc1cc(OC)c(OCc2ccccc2F)cc1Cl. The third kappa shape index (κ3) is 7.33. The number of hydrogen-bond acceptors (Lipinski definition) is 3. The highest BCUT2D eigenvalue weighted by atomic mass is 35.5. The molecule has 1 N–H and O–H groups in total. The first-order valence-electron chi connectivity index (χ1n) is 10.1. The first-order valence-corrected chi connectivity index (χ1v) is 10.5. The summed E-state index contributed by atoms with van der Waals surface area (Å²) in [6.07, 6.45) is 7.66. The summed E-state index contributed by atoms with van der Waals surface area (Å²) in [5.41, 5.74) is 1.45. The van der Waals surface area contributed by atoms with Gasteiger partial charge in [-0.3, -0.25) is 0 Å². The van der Waals surface area contributed by atoms with Gasteiger partial charge in [-0.2, -0.15) is 0 Å². The molecule has 0 aliphatic heterocycles. The molecular formula is C23H31ClFNO2. The number of benzene rings is 2. The number of nitrogens with one attached hydrogen (secondary N) is 1. The van der Waals surface area contributed by atoms with E-state index in [9.17, 15) is 4.39 Å². The van der Waals surface area contributed by atoms with Crippen LogP contribution in [0.4, 0.5) is 4.39 Å². The Balaban J connectivity index is 1.85. The van der Waals surface area contributed by atoms with Crippen LogP contribution in [0.2, 0.25) is 5.02 Å². The summed E-state index contributed by atoms with van der Waals surface area (Å²) in [6.45, 7) is 4.00. The topological polar surface area (TPSA) is 30.5 Å². The molecule has 0 atom stereocenters. The summed E-state index contributed by atoms with van der Waals surface area (Å²) in [7, 11) is 1.59. The molecule has 0 unspecified atom stereocenters. The highest BCUT2D eigenvalue weighted by Crippen LogP contribution is 2.34. The number of rotatable bonds is 13. The lowest BCUT2D eigenvalue weighted by Crippen LogP contribution is -2.15. The summed E-state index contributed by atoms with van der Waals surface area (Å²) in [4.78, 5) is 0. The van der Waals surface area contributed by atoms with Crippen LogP contribution in [0.3, 0.4) is 0 Å². The lowest BCUT2D eigenvalue weighted by Gasteiger charge is -2.14. The molecule has 0 aromatic heterocycles. The molecule has 5 heteroatoms. The van der Waals surface area contributed by atoms with Crippen LogP contribution < -0.4 is 14.8 Å². The molecule has 2 rings (SSSR count). The maximum Gasteiger partial charge on any atom is 0.163 e. The van der Waals surface area contributed by atoms with Gasteiger partial charge in [0.05, 0.1) is 7.11 Å². The van der Waals surface area contributed by atoms with E-state index in [4.69, 9.17) is 21.1 Å². The molecule has 0 radical (unpaired) electrons. The van der Waals surface area contributed by atoms with E-state index in [0.717, 1.165) is 12.1 Å². The minimum absolute atomic E-state index is 0.120. The molecular weight excluding hydrogens is 377 g/mol. The van der Waals surface area contributed by atoms with Crippen LogP contribution in [0.1, 0.15) is 56.6 Å². The van der Waals surface area contributed by atoms with Crippen molar-refractivity contribution >= 4 is 11.6 Å². The molecule has 0 aliphatic carbocycles. The quantitative estimate of drug-likeness (QED) is 0.383. The van der Waals surface area contributed by atoms with E-state index in [0.29, 0.717) is 28.6 Å². The molecule has 2 aromatic rings. The van der Waals surface area contributed by atoms with Gasteiger partial charge in [-0.1, -0.05) is 68.8 Å². The average molecular weight is 408 g/mol. The Hall–Kier alpha value is -1.78. The van der Waals surface area contributed by atoms with Crippen LogP contribution in [0.15, 0.2) is 36.4 Å². The van der Waals surface area contributed by atoms with Crippen molar-refractivity contribution in [2.24, 2.45) is 0 Å². The highest BCUT2D eigenvalue weighted by Gasteiger charge is 2.12. The van der Waals surface area contributed by atoms with E-state index in [1.165, 1.54) is 44.6 Å². The summed E-state index contributed by atoms with van der Waals surface area (Å²) in [6, 6.07) is 10.2. The third-order valence-corrected chi connectivity index (χ3v) is 5.05. The van der Waals surface area contributed by atoms with Crippen molar-refractivity contribution in [1.82, 2.24) is 5.32 Å². The third-order valence-electron chi connectivity index (χ3n) is 4.70. The molecule has 0 spiro atoms. The van der Waals surface area contributed by atoms with E-state index < -0.39 is 0 Å². The summed E-state index contributed by atoms with van der Waals surface area (Å²) < 4.78 is 24.9. The zero-order valence-corrected chi connectivity index (χ0v) is 17.7. The monoisotopic (exact) mass is 407 g/mol. The molecule has 0 fully saturated rings. The van der Waals surface area contributed by atoms with Crippen LogP contribution >= 0.6 is 11.6 Å². The smallest absolute Gasteiger partial charge is 0.163 e. The van der Waals surface area contributed by atoms with Gasteiger partial charge >= 0.3 is 0 Å². The Morgan fingerprint density at radius 1 is 0.964 bits per heavy atom. The zero-order valence-electron chi connectivity index (χ0n) is 16.9. The highest BCUT2D eigenvalue weighted by molar-refractivity contribution is 6.31. The van der Waals surface area contributed by atoms with Crippen LogP contribution in [-0.2, 0) is 13.2 Å². The van der Waals surface area contributed by atoms with Crippen molar-refractivity contribution in [2.45, 2.75) is 58.6 Å². The summed E-state index contributed by atoms with van der Waals surface area (Å²) in [5.74, 6) is 0.815. The lowest BCUT2D eigenvalue weighted by atomic mass is 10.1. The van der Waals surface area contributed by atoms with Crippen LogP contribution in [-0.4, -0.2) is 13.7 Å². The van der Waals surface area contributed by atoms with Crippen molar-refractivity contribution in [3.05, 3.63) is 58.4 Å². The van der Waals surface area contributed by atoms with Gasteiger partial charge < -0.3 is 14.8 Å². The van der Waals surface area contributed by atoms with Crippen molar-refractivity contribution < 1.29 is 13.9 Å². The number of methoxy groups -OCH3 is 1. The Morgan fingerprint density at radius 2 is 1.71 bits per heavy atom. The first kappa shape index (κ1) is 22.5. The second kappa shape index (κ2) is 12.6. The van der Waals surface area contributed by atoms with Crippen molar-refractivity contribution in [2.75, 3.05) is 13.7 Å². The molecule has 2 aromatic carbocycles. The number of ether oxygens (including phenoxy) is 2. The fraction of sp³-hybridized carbons (Fsp3) is 0.478. The maximum atomic E-state index is 13.8. The van der Waals surface area contributed by atoms with Gasteiger partial charge in [-0.05, 0) is 30.7 Å². The summed E-state index contributed by atoms with van der Waals surface area (Å²) >= 11 is 6.42. The Kier molecular flexibility index (Phi) is 10.2. The first-order chi connectivity index (χ1) is 13.7. The molecule has 0 saturated heterocycles. The Labute approximate surface area is 173 Å². The minimum Gasteiger partial charge on any atom is -0.493 e. The number of hydrogen-bond donors (Lipinski definition) is 1. The van der Waals surface area contributed by atoms with E-state index in [1.807, 2.05) is 6.07 Å². The van der Waals surface area contributed by atoms with Gasteiger partial charge in [0.1, 0.15) is 12.4 Å². The molecule has 3 nitrogen and oxygen atoms in total. The number of unbranched alkanes of at least 4 members (excludes halogenated alkanes) is 5. The van der Waals surface area contributed by atoms with Crippen molar-refractivity contribution in [3.8, 4) is 11.5 Å². The molecule has 0 aliphatic rings.